The molecule has 9 heteroatoms. The summed E-state index contributed by atoms with van der Waals surface area (Å²) in [4.78, 5) is 14.0. The van der Waals surface area contributed by atoms with Crippen LogP contribution in [0.2, 0.25) is 0 Å². The minimum absolute atomic E-state index is 0.0472. The van der Waals surface area contributed by atoms with E-state index in [1.54, 1.807) is 43.1 Å². The fourth-order valence-corrected chi connectivity index (χ4v) is 2.76. The molecule has 0 spiro atoms. The van der Waals surface area contributed by atoms with Crippen molar-refractivity contribution < 1.29 is 18.3 Å². The largest absolute Gasteiger partial charge is 0.435 e. The van der Waals surface area contributed by atoms with Crippen molar-refractivity contribution in [2.24, 2.45) is 7.05 Å². The van der Waals surface area contributed by atoms with Gasteiger partial charge in [0.25, 0.3) is 5.91 Å². The Bertz CT molecular complexity index is 862. The maximum absolute atomic E-state index is 12.6. The number of thiocarbonyl (C=S) groups is 1. The number of alkyl halides is 2. The Kier molecular flexibility index (Phi) is 4.49. The van der Waals surface area contributed by atoms with Crippen LogP contribution in [0.3, 0.4) is 0 Å². The molecule has 1 aliphatic rings. The van der Waals surface area contributed by atoms with Crippen LogP contribution in [0.15, 0.2) is 36.2 Å². The van der Waals surface area contributed by atoms with E-state index in [-0.39, 0.29) is 22.5 Å². The van der Waals surface area contributed by atoms with Crippen molar-refractivity contribution >= 4 is 35.0 Å². The second-order valence-electron chi connectivity index (χ2n) is 5.35. The second-order valence-corrected chi connectivity index (χ2v) is 5.74. The minimum Gasteiger partial charge on any atom is -0.435 e. The average Bonchev–Trinajstić information content (AvgIpc) is 2.99. The first-order valence-corrected chi connectivity index (χ1v) is 7.68. The Morgan fingerprint density at radius 3 is 2.56 bits per heavy atom. The van der Waals surface area contributed by atoms with Crippen LogP contribution in [-0.2, 0) is 11.8 Å². The number of carbonyl (C=O) groups excluding carboxylic acids is 1. The molecule has 130 valence electrons. The summed E-state index contributed by atoms with van der Waals surface area (Å²) in [5.74, 6) is -0.264. The van der Waals surface area contributed by atoms with Gasteiger partial charge >= 0.3 is 6.61 Å². The first-order chi connectivity index (χ1) is 11.8. The van der Waals surface area contributed by atoms with E-state index in [2.05, 4.69) is 15.2 Å². The van der Waals surface area contributed by atoms with E-state index < -0.39 is 6.61 Å². The van der Waals surface area contributed by atoms with E-state index in [0.717, 1.165) is 0 Å². The van der Waals surface area contributed by atoms with Gasteiger partial charge in [0.05, 0.1) is 11.4 Å². The highest BCUT2D eigenvalue weighted by Crippen LogP contribution is 2.25. The number of anilines is 1. The summed E-state index contributed by atoms with van der Waals surface area (Å²) in [6.45, 7) is -1.09. The van der Waals surface area contributed by atoms with Gasteiger partial charge < -0.3 is 10.1 Å². The van der Waals surface area contributed by atoms with Gasteiger partial charge in [0.1, 0.15) is 11.4 Å². The van der Waals surface area contributed by atoms with Gasteiger partial charge in [-0.15, -0.1) is 0 Å². The monoisotopic (exact) mass is 364 g/mol. The van der Waals surface area contributed by atoms with E-state index in [1.165, 1.54) is 17.0 Å². The fraction of sp³-hybridized carbons (Fsp3) is 0.188. The highest BCUT2D eigenvalue weighted by atomic mass is 32.1. The number of hydrogen-bond acceptors (Lipinski definition) is 4. The molecule has 0 bridgehead atoms. The summed E-state index contributed by atoms with van der Waals surface area (Å²) < 4.78 is 30.2. The summed E-state index contributed by atoms with van der Waals surface area (Å²) in [7, 11) is 1.76. The highest BCUT2D eigenvalue weighted by molar-refractivity contribution is 7.80. The molecule has 1 fully saturated rings. The summed E-state index contributed by atoms with van der Waals surface area (Å²) in [5.41, 5.74) is 2.21. The minimum atomic E-state index is -2.88. The van der Waals surface area contributed by atoms with Gasteiger partial charge in [0.2, 0.25) is 0 Å². The van der Waals surface area contributed by atoms with Gasteiger partial charge in [-0.3, -0.25) is 9.48 Å². The van der Waals surface area contributed by atoms with Gasteiger partial charge in [0, 0.05) is 13.2 Å². The molecule has 0 atom stereocenters. The van der Waals surface area contributed by atoms with E-state index in [1.807, 2.05) is 0 Å². The van der Waals surface area contributed by atoms with Crippen LogP contribution < -0.4 is 15.0 Å². The van der Waals surface area contributed by atoms with Crippen LogP contribution in [-0.4, -0.2) is 27.4 Å². The summed E-state index contributed by atoms with van der Waals surface area (Å²) in [6, 6.07) is 5.94. The lowest BCUT2D eigenvalue weighted by Crippen LogP contribution is -2.30. The molecule has 1 aliphatic heterocycles. The zero-order valence-electron chi connectivity index (χ0n) is 13.4. The number of carbonyl (C=O) groups is 1. The quantitative estimate of drug-likeness (QED) is 0.668. The van der Waals surface area contributed by atoms with Crippen molar-refractivity contribution in [3.8, 4) is 5.75 Å². The molecule has 3 rings (SSSR count). The van der Waals surface area contributed by atoms with Gasteiger partial charge in [-0.1, -0.05) is 12.1 Å². The van der Waals surface area contributed by atoms with Crippen LogP contribution in [0.25, 0.3) is 6.08 Å². The molecule has 1 amide bonds. The van der Waals surface area contributed by atoms with E-state index in [0.29, 0.717) is 16.9 Å². The molecule has 0 aliphatic carbocycles. The number of hydrogen-bond donors (Lipinski definition) is 1. The number of nitrogens with one attached hydrogen (secondary N) is 1. The highest BCUT2D eigenvalue weighted by Gasteiger charge is 2.33. The lowest BCUT2D eigenvalue weighted by atomic mass is 10.2. The Hall–Kier alpha value is -2.81. The molecule has 1 saturated heterocycles. The number of amides is 1. The van der Waals surface area contributed by atoms with Gasteiger partial charge in [0.15, 0.2) is 5.11 Å². The zero-order chi connectivity index (χ0) is 18.1. The first kappa shape index (κ1) is 17.0. The average molecular weight is 364 g/mol. The lowest BCUT2D eigenvalue weighted by molar-refractivity contribution is -0.113. The van der Waals surface area contributed by atoms with Gasteiger partial charge in [-0.05, 0) is 42.9 Å². The number of halogens is 2. The van der Waals surface area contributed by atoms with Crippen LogP contribution >= 0.6 is 12.2 Å². The topological polar surface area (TPSA) is 59.4 Å². The second kappa shape index (κ2) is 6.60. The summed E-state index contributed by atoms with van der Waals surface area (Å²) >= 11 is 5.24. The van der Waals surface area contributed by atoms with E-state index in [9.17, 15) is 13.6 Å². The van der Waals surface area contributed by atoms with Crippen molar-refractivity contribution in [1.82, 2.24) is 15.1 Å². The molecule has 25 heavy (non-hydrogen) atoms. The van der Waals surface area contributed by atoms with Crippen molar-refractivity contribution in [3.05, 3.63) is 47.4 Å². The van der Waals surface area contributed by atoms with E-state index in [4.69, 9.17) is 12.2 Å². The predicted octanol–water partition coefficient (Wildman–Crippen LogP) is 2.59. The first-order valence-electron chi connectivity index (χ1n) is 7.27. The van der Waals surface area contributed by atoms with Crippen molar-refractivity contribution in [3.63, 3.8) is 0 Å². The van der Waals surface area contributed by atoms with Crippen molar-refractivity contribution in [2.75, 3.05) is 4.90 Å². The maximum atomic E-state index is 12.6. The number of benzene rings is 1. The molecular weight excluding hydrogens is 350 g/mol. The SMILES string of the molecule is Cc1nn(C)cc1N1C(=O)/C(=C\c2ccc(OC(F)F)cc2)NC1=S. The number of aromatic nitrogens is 2. The third-order valence-electron chi connectivity index (χ3n) is 3.52. The molecule has 1 aromatic carbocycles. The van der Waals surface area contributed by atoms with Gasteiger partial charge in [-0.2, -0.15) is 13.9 Å². The Labute approximate surface area is 147 Å². The number of nitrogens with zero attached hydrogens (tertiary/aromatic N) is 3. The molecule has 1 aromatic heterocycles. The number of rotatable bonds is 4. The zero-order valence-corrected chi connectivity index (χ0v) is 14.2. The molecule has 1 N–H and O–H groups in total. The Morgan fingerprint density at radius 2 is 2.00 bits per heavy atom. The Balaban J connectivity index is 1.84. The summed E-state index contributed by atoms with van der Waals surface area (Å²) in [5, 5.41) is 7.33. The third kappa shape index (κ3) is 3.50. The summed E-state index contributed by atoms with van der Waals surface area (Å²) in [6.07, 6.45) is 3.30. The lowest BCUT2D eigenvalue weighted by Gasteiger charge is -2.11. The fourth-order valence-electron chi connectivity index (χ4n) is 2.47. The molecule has 0 radical (unpaired) electrons. The normalized spacial score (nSPS) is 16.0. The van der Waals surface area contributed by atoms with Crippen molar-refractivity contribution in [1.29, 1.82) is 0 Å². The van der Waals surface area contributed by atoms with Gasteiger partial charge in [-0.25, -0.2) is 4.90 Å². The molecule has 2 heterocycles. The maximum Gasteiger partial charge on any atom is 0.387 e. The standard InChI is InChI=1S/C16H14F2N4O2S/c1-9-13(8-21(2)20-9)22-14(23)12(19-16(22)25)7-10-3-5-11(6-4-10)24-15(17)18/h3-8,15H,1-2H3,(H,19,25)/b12-7+. The van der Waals surface area contributed by atoms with Crippen LogP contribution in [0.4, 0.5) is 14.5 Å². The molecular formula is C16H14F2N4O2S. The van der Waals surface area contributed by atoms with E-state index >= 15 is 0 Å². The van der Waals surface area contributed by atoms with Crippen molar-refractivity contribution in [2.45, 2.75) is 13.5 Å². The Morgan fingerprint density at radius 1 is 1.32 bits per heavy atom. The van der Waals surface area contributed by atoms with Crippen LogP contribution in [0.5, 0.6) is 5.75 Å². The van der Waals surface area contributed by atoms with Crippen LogP contribution in [0, 0.1) is 6.92 Å². The molecule has 6 nitrogen and oxygen atoms in total. The number of ether oxygens (including phenoxy) is 1. The van der Waals surface area contributed by atoms with Crippen LogP contribution in [0.1, 0.15) is 11.3 Å². The third-order valence-corrected chi connectivity index (χ3v) is 3.81. The molecule has 0 unspecified atom stereocenters. The smallest absolute Gasteiger partial charge is 0.387 e. The molecule has 2 aromatic rings. The number of aryl methyl sites for hydroxylation is 2. The molecule has 0 saturated carbocycles. The predicted molar refractivity (Wildman–Crippen MR) is 92.2 cm³/mol.